The molecule has 3 aromatic rings. The molecule has 1 N–H and O–H groups in total. The average molecular weight is 459 g/mol. The van der Waals surface area contributed by atoms with Crippen LogP contribution in [0, 0.1) is 0 Å². The molecule has 1 aliphatic rings. The van der Waals surface area contributed by atoms with E-state index in [0.29, 0.717) is 34.4 Å². The van der Waals surface area contributed by atoms with E-state index in [0.717, 1.165) is 5.56 Å². The molecular formula is C27H26N2O5. The number of nitrogens with zero attached hydrogens (tertiary/aromatic N) is 2. The number of methoxy groups -OCH3 is 2. The monoisotopic (exact) mass is 458 g/mol. The van der Waals surface area contributed by atoms with Gasteiger partial charge >= 0.3 is 0 Å². The number of hydrogen-bond acceptors (Lipinski definition) is 6. The Labute approximate surface area is 198 Å². The van der Waals surface area contributed by atoms with Crippen molar-refractivity contribution in [1.82, 2.24) is 4.98 Å². The molecule has 0 saturated carbocycles. The summed E-state index contributed by atoms with van der Waals surface area (Å²) in [6, 6.07) is 16.7. The molecule has 1 aromatic heterocycles. The van der Waals surface area contributed by atoms with Gasteiger partial charge in [-0.15, -0.1) is 0 Å². The van der Waals surface area contributed by atoms with Gasteiger partial charge in [-0.05, 0) is 53.9 Å². The fourth-order valence-electron chi connectivity index (χ4n) is 4.08. The molecule has 1 amide bonds. The highest BCUT2D eigenvalue weighted by Crippen LogP contribution is 2.42. The molecule has 1 fully saturated rings. The number of benzene rings is 2. The van der Waals surface area contributed by atoms with Gasteiger partial charge in [0.05, 0.1) is 25.5 Å². The zero-order valence-corrected chi connectivity index (χ0v) is 19.5. The van der Waals surface area contributed by atoms with E-state index in [9.17, 15) is 14.7 Å². The lowest BCUT2D eigenvalue weighted by Crippen LogP contribution is -2.29. The summed E-state index contributed by atoms with van der Waals surface area (Å²) in [4.78, 5) is 32.3. The van der Waals surface area contributed by atoms with E-state index in [4.69, 9.17) is 9.47 Å². The Kier molecular flexibility index (Phi) is 6.36. The summed E-state index contributed by atoms with van der Waals surface area (Å²) < 4.78 is 10.6. The molecule has 1 saturated heterocycles. The highest BCUT2D eigenvalue weighted by Gasteiger charge is 2.47. The van der Waals surface area contributed by atoms with Crippen molar-refractivity contribution in [1.29, 1.82) is 0 Å². The summed E-state index contributed by atoms with van der Waals surface area (Å²) in [7, 11) is 2.99. The van der Waals surface area contributed by atoms with Gasteiger partial charge in [-0.1, -0.05) is 32.0 Å². The van der Waals surface area contributed by atoms with Crippen molar-refractivity contribution in [3.63, 3.8) is 0 Å². The van der Waals surface area contributed by atoms with Crippen molar-refractivity contribution in [3.8, 4) is 11.5 Å². The maximum atomic E-state index is 13.2. The lowest BCUT2D eigenvalue weighted by molar-refractivity contribution is -0.132. The van der Waals surface area contributed by atoms with Gasteiger partial charge in [0.25, 0.3) is 11.7 Å². The number of Topliss-reactive ketones (excluding diaryl/α,β-unsaturated/α-hetero) is 1. The molecule has 0 spiro atoms. The highest BCUT2D eigenvalue weighted by atomic mass is 16.5. The van der Waals surface area contributed by atoms with Gasteiger partial charge in [0.1, 0.15) is 11.8 Å². The Hall–Kier alpha value is -4.13. The first kappa shape index (κ1) is 23.0. The normalized spacial score (nSPS) is 17.3. The first-order valence-electron chi connectivity index (χ1n) is 10.9. The second kappa shape index (κ2) is 9.39. The minimum absolute atomic E-state index is 0.0381. The molecule has 2 aromatic carbocycles. The number of carbonyl (C=O) groups is 2. The largest absolute Gasteiger partial charge is 0.507 e. The van der Waals surface area contributed by atoms with Crippen LogP contribution in [-0.4, -0.2) is 36.0 Å². The summed E-state index contributed by atoms with van der Waals surface area (Å²) >= 11 is 0. The molecule has 1 aliphatic heterocycles. The third kappa shape index (κ3) is 4.01. The maximum absolute atomic E-state index is 13.2. The van der Waals surface area contributed by atoms with E-state index in [2.05, 4.69) is 18.8 Å². The zero-order valence-electron chi connectivity index (χ0n) is 19.5. The first-order chi connectivity index (χ1) is 16.4. The van der Waals surface area contributed by atoms with Crippen LogP contribution in [0.1, 0.15) is 42.6 Å². The van der Waals surface area contributed by atoms with Crippen molar-refractivity contribution in [2.24, 2.45) is 0 Å². The fourth-order valence-corrected chi connectivity index (χ4v) is 4.08. The minimum Gasteiger partial charge on any atom is -0.507 e. The van der Waals surface area contributed by atoms with Crippen LogP contribution in [0.25, 0.3) is 5.76 Å². The Morgan fingerprint density at radius 1 is 0.971 bits per heavy atom. The number of ether oxygens (including phenoxy) is 2. The second-order valence-electron chi connectivity index (χ2n) is 8.24. The van der Waals surface area contributed by atoms with Crippen molar-refractivity contribution in [3.05, 3.63) is 89.3 Å². The van der Waals surface area contributed by atoms with E-state index in [-0.39, 0.29) is 11.3 Å². The van der Waals surface area contributed by atoms with Crippen molar-refractivity contribution < 1.29 is 24.2 Å². The predicted molar refractivity (Wildman–Crippen MR) is 129 cm³/mol. The number of anilines is 1. The third-order valence-corrected chi connectivity index (χ3v) is 5.91. The highest BCUT2D eigenvalue weighted by molar-refractivity contribution is 6.51. The van der Waals surface area contributed by atoms with Crippen LogP contribution in [0.15, 0.2) is 72.4 Å². The molecule has 0 radical (unpaired) electrons. The molecule has 1 unspecified atom stereocenters. The molecular weight excluding hydrogens is 432 g/mol. The van der Waals surface area contributed by atoms with Crippen LogP contribution in [0.5, 0.6) is 11.5 Å². The van der Waals surface area contributed by atoms with Gasteiger partial charge in [-0.2, -0.15) is 0 Å². The van der Waals surface area contributed by atoms with Crippen LogP contribution in [0.3, 0.4) is 0 Å². The lowest BCUT2D eigenvalue weighted by Gasteiger charge is -2.25. The van der Waals surface area contributed by atoms with Crippen LogP contribution >= 0.6 is 0 Å². The van der Waals surface area contributed by atoms with E-state index in [1.54, 1.807) is 42.6 Å². The third-order valence-electron chi connectivity index (χ3n) is 5.91. The van der Waals surface area contributed by atoms with Crippen LogP contribution in [-0.2, 0) is 9.59 Å². The van der Waals surface area contributed by atoms with Gasteiger partial charge in [0, 0.05) is 17.4 Å². The van der Waals surface area contributed by atoms with Crippen LogP contribution in [0.4, 0.5) is 5.69 Å². The number of aliphatic hydroxyl groups excluding tert-OH is 1. The number of pyridine rings is 1. The van der Waals surface area contributed by atoms with Crippen LogP contribution in [0.2, 0.25) is 0 Å². The number of carbonyl (C=O) groups excluding carboxylic acids is 2. The van der Waals surface area contributed by atoms with Gasteiger partial charge in [-0.3, -0.25) is 19.5 Å². The predicted octanol–water partition coefficient (Wildman–Crippen LogP) is 4.85. The number of hydrogen-bond donors (Lipinski definition) is 1. The molecule has 7 nitrogen and oxygen atoms in total. The quantitative estimate of drug-likeness (QED) is 0.323. The summed E-state index contributed by atoms with van der Waals surface area (Å²) in [5.41, 5.74) is 2.42. The summed E-state index contributed by atoms with van der Waals surface area (Å²) in [5.74, 6) is -0.631. The van der Waals surface area contributed by atoms with Crippen LogP contribution < -0.4 is 14.4 Å². The molecule has 0 aliphatic carbocycles. The topological polar surface area (TPSA) is 89.0 Å². The number of amides is 1. The smallest absolute Gasteiger partial charge is 0.300 e. The summed E-state index contributed by atoms with van der Waals surface area (Å²) in [6.45, 7) is 4.16. The summed E-state index contributed by atoms with van der Waals surface area (Å²) in [6.07, 6.45) is 1.59. The molecule has 7 heteroatoms. The van der Waals surface area contributed by atoms with E-state index >= 15 is 0 Å². The molecule has 2 heterocycles. The van der Waals surface area contributed by atoms with Crippen molar-refractivity contribution in [2.45, 2.75) is 25.8 Å². The molecule has 4 rings (SSSR count). The Morgan fingerprint density at radius 3 is 2.26 bits per heavy atom. The first-order valence-corrected chi connectivity index (χ1v) is 10.9. The number of ketones is 1. The molecule has 0 bridgehead atoms. The molecule has 34 heavy (non-hydrogen) atoms. The Morgan fingerprint density at radius 2 is 1.68 bits per heavy atom. The van der Waals surface area contributed by atoms with E-state index in [1.807, 2.05) is 24.3 Å². The second-order valence-corrected chi connectivity index (χ2v) is 8.24. The van der Waals surface area contributed by atoms with E-state index < -0.39 is 17.7 Å². The van der Waals surface area contributed by atoms with Gasteiger partial charge in [0.15, 0.2) is 11.5 Å². The van der Waals surface area contributed by atoms with Crippen molar-refractivity contribution in [2.75, 3.05) is 19.1 Å². The molecule has 174 valence electrons. The fraction of sp³-hybridized carbons (Fsp3) is 0.222. The SMILES string of the molecule is COc1ccc(/C(O)=C2/C(=O)C(=O)N(c3ccc(C(C)C)cc3)C2c2ccccn2)cc1OC. The standard InChI is InChI=1S/C27H26N2O5/c1-16(2)17-8-11-19(12-9-17)29-24(20-7-5-6-14-28-20)23(26(31)27(29)32)25(30)18-10-13-21(33-3)22(15-18)34-4/h5-16,24,30H,1-4H3/b25-23-. The zero-order chi connectivity index (χ0) is 24.4. The number of aliphatic hydroxyl groups is 1. The number of rotatable bonds is 6. The Balaban J connectivity index is 1.89. The van der Waals surface area contributed by atoms with Gasteiger partial charge in [0.2, 0.25) is 0 Å². The van der Waals surface area contributed by atoms with E-state index in [1.165, 1.54) is 19.1 Å². The Bertz CT molecular complexity index is 1250. The average Bonchev–Trinajstić information content (AvgIpc) is 3.13. The summed E-state index contributed by atoms with van der Waals surface area (Å²) in [5, 5.41) is 11.3. The lowest BCUT2D eigenvalue weighted by atomic mass is 9.97. The molecule has 1 atom stereocenters. The maximum Gasteiger partial charge on any atom is 0.300 e. The van der Waals surface area contributed by atoms with Crippen molar-refractivity contribution >= 4 is 23.1 Å². The number of aromatic nitrogens is 1. The minimum atomic E-state index is -0.890. The van der Waals surface area contributed by atoms with Gasteiger partial charge < -0.3 is 14.6 Å². The van der Waals surface area contributed by atoms with Gasteiger partial charge in [-0.25, -0.2) is 0 Å².